The number of nitrogen functional groups attached to an aromatic ring is 2. The highest BCUT2D eigenvalue weighted by molar-refractivity contribution is 9.10. The second-order valence-electron chi connectivity index (χ2n) is 4.15. The molecule has 0 saturated carbocycles. The average molecular weight is 369 g/mol. The van der Waals surface area contributed by atoms with E-state index >= 15 is 0 Å². The molecular weight excluding hydrogens is 356 g/mol. The number of rotatable bonds is 4. The average Bonchev–Trinajstić information content (AvgIpc) is 2.39. The van der Waals surface area contributed by atoms with E-state index in [-0.39, 0.29) is 23.6 Å². The molecule has 5 N–H and O–H groups in total. The maximum atomic E-state index is 11.9. The zero-order valence-electron chi connectivity index (χ0n) is 11.1. The maximum Gasteiger partial charge on any atom is 0.234 e. The quantitative estimate of drug-likeness (QED) is 0.704. The van der Waals surface area contributed by atoms with Crippen molar-refractivity contribution in [1.29, 1.82) is 0 Å². The standard InChI is InChI=1S/C12H13BrN6OS/c1-6-2-3-8(7(13)4-6)16-9(20)5-21-12-18-10(14)17-11(15)19-12/h2-4H,5H2,1H3,(H,16,20)(H4,14,15,17,18,19). The smallest absolute Gasteiger partial charge is 0.234 e. The number of thioether (sulfide) groups is 1. The van der Waals surface area contributed by atoms with Crippen molar-refractivity contribution in [2.75, 3.05) is 22.5 Å². The van der Waals surface area contributed by atoms with E-state index in [4.69, 9.17) is 11.5 Å². The molecule has 0 aliphatic rings. The Morgan fingerprint density at radius 3 is 2.57 bits per heavy atom. The Bertz CT molecular complexity index is 661. The summed E-state index contributed by atoms with van der Waals surface area (Å²) in [5, 5.41) is 3.11. The highest BCUT2D eigenvalue weighted by atomic mass is 79.9. The number of carbonyl (C=O) groups excluding carboxylic acids is 1. The number of amides is 1. The van der Waals surface area contributed by atoms with E-state index in [2.05, 4.69) is 36.2 Å². The second-order valence-corrected chi connectivity index (χ2v) is 5.95. The molecule has 0 unspecified atom stereocenters. The number of hydrogen-bond acceptors (Lipinski definition) is 7. The lowest BCUT2D eigenvalue weighted by atomic mass is 10.2. The molecule has 0 spiro atoms. The fraction of sp³-hybridized carbons (Fsp3) is 0.167. The first kappa shape index (κ1) is 15.5. The third-order valence-corrected chi connectivity index (χ3v) is 3.88. The van der Waals surface area contributed by atoms with Gasteiger partial charge < -0.3 is 16.8 Å². The van der Waals surface area contributed by atoms with Gasteiger partial charge in [0.2, 0.25) is 17.8 Å². The van der Waals surface area contributed by atoms with Crippen molar-refractivity contribution >= 4 is 51.2 Å². The lowest BCUT2D eigenvalue weighted by Gasteiger charge is -2.07. The molecule has 0 aliphatic heterocycles. The Labute approximate surface area is 134 Å². The van der Waals surface area contributed by atoms with Crippen molar-refractivity contribution in [2.24, 2.45) is 0 Å². The lowest BCUT2D eigenvalue weighted by molar-refractivity contribution is -0.113. The van der Waals surface area contributed by atoms with E-state index in [0.717, 1.165) is 21.8 Å². The Balaban J connectivity index is 1.95. The number of benzene rings is 1. The third-order valence-electron chi connectivity index (χ3n) is 2.38. The first-order valence-corrected chi connectivity index (χ1v) is 7.68. The number of anilines is 3. The Hall–Kier alpha value is -1.87. The normalized spacial score (nSPS) is 10.4. The summed E-state index contributed by atoms with van der Waals surface area (Å²) < 4.78 is 0.828. The molecule has 0 radical (unpaired) electrons. The zero-order valence-corrected chi connectivity index (χ0v) is 13.5. The second kappa shape index (κ2) is 6.72. The van der Waals surface area contributed by atoms with Crippen LogP contribution in [-0.2, 0) is 4.79 Å². The number of hydrogen-bond donors (Lipinski definition) is 3. The van der Waals surface area contributed by atoms with Gasteiger partial charge in [-0.3, -0.25) is 4.79 Å². The van der Waals surface area contributed by atoms with Crippen LogP contribution in [-0.4, -0.2) is 26.6 Å². The van der Waals surface area contributed by atoms with Crippen molar-refractivity contribution in [2.45, 2.75) is 12.1 Å². The Kier molecular flexibility index (Phi) is 4.97. The minimum atomic E-state index is -0.179. The molecule has 2 rings (SSSR count). The van der Waals surface area contributed by atoms with E-state index in [1.807, 2.05) is 25.1 Å². The molecule has 1 amide bonds. The van der Waals surface area contributed by atoms with Gasteiger partial charge in [0, 0.05) is 4.47 Å². The third kappa shape index (κ3) is 4.57. The number of nitrogens with one attached hydrogen (secondary N) is 1. The van der Waals surface area contributed by atoms with Crippen LogP contribution in [0.15, 0.2) is 27.8 Å². The van der Waals surface area contributed by atoms with E-state index in [9.17, 15) is 4.79 Å². The van der Waals surface area contributed by atoms with Gasteiger partial charge in [-0.25, -0.2) is 0 Å². The summed E-state index contributed by atoms with van der Waals surface area (Å²) in [6.45, 7) is 1.97. The van der Waals surface area contributed by atoms with Crippen LogP contribution < -0.4 is 16.8 Å². The van der Waals surface area contributed by atoms with Gasteiger partial charge in [-0.1, -0.05) is 17.8 Å². The van der Waals surface area contributed by atoms with E-state index in [1.165, 1.54) is 0 Å². The van der Waals surface area contributed by atoms with Crippen molar-refractivity contribution in [1.82, 2.24) is 15.0 Å². The number of aryl methyl sites for hydroxylation is 1. The van der Waals surface area contributed by atoms with Gasteiger partial charge in [0.05, 0.1) is 11.4 Å². The van der Waals surface area contributed by atoms with Crippen LogP contribution in [0.2, 0.25) is 0 Å². The molecule has 9 heteroatoms. The van der Waals surface area contributed by atoms with Crippen LogP contribution in [0.1, 0.15) is 5.56 Å². The van der Waals surface area contributed by atoms with Crippen LogP contribution in [0.25, 0.3) is 0 Å². The molecule has 0 fully saturated rings. The van der Waals surface area contributed by atoms with Gasteiger partial charge >= 0.3 is 0 Å². The van der Waals surface area contributed by atoms with Crippen molar-refractivity contribution in [3.05, 3.63) is 28.2 Å². The summed E-state index contributed by atoms with van der Waals surface area (Å²) in [7, 11) is 0. The minimum absolute atomic E-state index is 0.0340. The summed E-state index contributed by atoms with van der Waals surface area (Å²) in [5.74, 6) is 0.0314. The molecule has 21 heavy (non-hydrogen) atoms. The Morgan fingerprint density at radius 2 is 1.95 bits per heavy atom. The van der Waals surface area contributed by atoms with Gasteiger partial charge in [-0.2, -0.15) is 15.0 Å². The van der Waals surface area contributed by atoms with Crippen LogP contribution >= 0.6 is 27.7 Å². The Morgan fingerprint density at radius 1 is 1.29 bits per heavy atom. The molecule has 0 bridgehead atoms. The summed E-state index contributed by atoms with van der Waals surface area (Å²) in [6, 6.07) is 5.68. The van der Waals surface area contributed by atoms with Crippen LogP contribution in [0.5, 0.6) is 0 Å². The fourth-order valence-electron chi connectivity index (χ4n) is 1.49. The van der Waals surface area contributed by atoms with Crippen LogP contribution in [0, 0.1) is 6.92 Å². The molecule has 0 saturated heterocycles. The lowest BCUT2D eigenvalue weighted by Crippen LogP contribution is -2.15. The largest absolute Gasteiger partial charge is 0.368 e. The highest BCUT2D eigenvalue weighted by Gasteiger charge is 2.09. The molecule has 1 aromatic carbocycles. The first-order valence-electron chi connectivity index (χ1n) is 5.90. The molecule has 110 valence electrons. The van der Waals surface area contributed by atoms with Crippen molar-refractivity contribution < 1.29 is 4.79 Å². The maximum absolute atomic E-state index is 11.9. The SMILES string of the molecule is Cc1ccc(NC(=O)CSc2nc(N)nc(N)n2)c(Br)c1. The fourth-order valence-corrected chi connectivity index (χ4v) is 2.73. The predicted molar refractivity (Wildman–Crippen MR) is 86.9 cm³/mol. The minimum Gasteiger partial charge on any atom is -0.368 e. The topological polar surface area (TPSA) is 120 Å². The summed E-state index contributed by atoms with van der Waals surface area (Å²) in [6.07, 6.45) is 0. The van der Waals surface area contributed by atoms with Crippen molar-refractivity contribution in [3.8, 4) is 0 Å². The number of halogens is 1. The predicted octanol–water partition coefficient (Wildman–Crippen LogP) is 1.84. The van der Waals surface area contributed by atoms with Gasteiger partial charge in [-0.15, -0.1) is 0 Å². The van der Waals surface area contributed by atoms with E-state index in [1.54, 1.807) is 0 Å². The molecule has 1 heterocycles. The van der Waals surface area contributed by atoms with Crippen LogP contribution in [0.3, 0.4) is 0 Å². The van der Waals surface area contributed by atoms with Gasteiger partial charge in [0.15, 0.2) is 5.16 Å². The van der Waals surface area contributed by atoms with E-state index < -0.39 is 0 Å². The molecule has 7 nitrogen and oxygen atoms in total. The number of nitrogens with zero attached hydrogens (tertiary/aromatic N) is 3. The molecule has 0 aliphatic carbocycles. The number of carbonyl (C=O) groups is 1. The summed E-state index contributed by atoms with van der Waals surface area (Å²) in [4.78, 5) is 23.4. The van der Waals surface area contributed by atoms with Gasteiger partial charge in [0.1, 0.15) is 0 Å². The molecular formula is C12H13BrN6OS. The van der Waals surface area contributed by atoms with Gasteiger partial charge in [-0.05, 0) is 40.5 Å². The number of nitrogens with two attached hydrogens (primary N) is 2. The zero-order chi connectivity index (χ0) is 15.4. The highest BCUT2D eigenvalue weighted by Crippen LogP contribution is 2.24. The number of aromatic nitrogens is 3. The summed E-state index contributed by atoms with van der Waals surface area (Å²) in [5.41, 5.74) is 12.7. The monoisotopic (exact) mass is 368 g/mol. The van der Waals surface area contributed by atoms with Crippen molar-refractivity contribution in [3.63, 3.8) is 0 Å². The first-order chi connectivity index (χ1) is 9.94. The summed E-state index contributed by atoms with van der Waals surface area (Å²) >= 11 is 4.54. The molecule has 1 aromatic heterocycles. The van der Waals surface area contributed by atoms with Gasteiger partial charge in [0.25, 0.3) is 0 Å². The van der Waals surface area contributed by atoms with Crippen LogP contribution in [0.4, 0.5) is 17.6 Å². The molecule has 2 aromatic rings. The van der Waals surface area contributed by atoms with E-state index in [0.29, 0.717) is 10.8 Å². The molecule has 0 atom stereocenters.